The third-order valence-electron chi connectivity index (χ3n) is 4.79. The Morgan fingerprint density at radius 3 is 2.58 bits per heavy atom. The predicted molar refractivity (Wildman–Crippen MR) is 106 cm³/mol. The van der Waals surface area contributed by atoms with Crippen molar-refractivity contribution in [2.24, 2.45) is 16.8 Å². The summed E-state index contributed by atoms with van der Waals surface area (Å²) in [6.07, 6.45) is 3.88. The number of rotatable bonds is 8. The molecule has 3 N–H and O–H groups in total. The van der Waals surface area contributed by atoms with Gasteiger partial charge in [0.25, 0.3) is 0 Å². The maximum Gasteiger partial charge on any atom is 0.307 e. The van der Waals surface area contributed by atoms with Crippen LogP contribution in [0, 0.1) is 11.8 Å². The molecule has 5 heteroatoms. The average Bonchev–Trinajstić information content (AvgIpc) is 2.64. The van der Waals surface area contributed by atoms with Gasteiger partial charge in [-0.15, -0.1) is 0 Å². The molecule has 0 aliphatic heterocycles. The molecule has 0 saturated heterocycles. The Hall–Kier alpha value is -2.69. The molecule has 26 heavy (non-hydrogen) atoms. The van der Waals surface area contributed by atoms with Gasteiger partial charge in [-0.2, -0.15) is 0 Å². The second-order valence-electron chi connectivity index (χ2n) is 6.58. The minimum Gasteiger partial charge on any atom is -0.481 e. The number of carboxylic acids is 1. The number of nitrogen functional groups attached to an aromatic ring is 1. The van der Waals surface area contributed by atoms with Crippen molar-refractivity contribution >= 4 is 17.5 Å². The van der Waals surface area contributed by atoms with Gasteiger partial charge >= 0.3 is 5.97 Å². The van der Waals surface area contributed by atoms with Crippen LogP contribution in [0.3, 0.4) is 0 Å². The summed E-state index contributed by atoms with van der Waals surface area (Å²) in [6, 6.07) is 11.9. The van der Waals surface area contributed by atoms with Gasteiger partial charge < -0.3 is 10.8 Å². The quantitative estimate of drug-likeness (QED) is 0.700. The Morgan fingerprint density at radius 1 is 1.23 bits per heavy atom. The van der Waals surface area contributed by atoms with Crippen LogP contribution in [-0.4, -0.2) is 28.8 Å². The monoisotopic (exact) mass is 353 g/mol. The van der Waals surface area contributed by atoms with E-state index in [1.165, 1.54) is 0 Å². The van der Waals surface area contributed by atoms with Gasteiger partial charge in [0, 0.05) is 30.4 Å². The molecule has 2 atom stereocenters. The molecule has 138 valence electrons. The SMILES string of the molecule is CCC[C@H](C(=O)O)[C@H](Cc1cccc(-c2ccc(N)nc2)c1)C(C)=NC. The van der Waals surface area contributed by atoms with Crippen molar-refractivity contribution in [1.82, 2.24) is 4.98 Å². The van der Waals surface area contributed by atoms with E-state index >= 15 is 0 Å². The number of hydrogen-bond acceptors (Lipinski definition) is 4. The zero-order valence-electron chi connectivity index (χ0n) is 15.6. The number of benzene rings is 1. The van der Waals surface area contributed by atoms with Gasteiger partial charge in [-0.1, -0.05) is 37.6 Å². The Kier molecular flexibility index (Phi) is 6.89. The molecule has 5 nitrogen and oxygen atoms in total. The van der Waals surface area contributed by atoms with Gasteiger partial charge in [0.05, 0.1) is 5.92 Å². The number of anilines is 1. The number of aliphatic imine (C=N–C) groups is 1. The summed E-state index contributed by atoms with van der Waals surface area (Å²) in [7, 11) is 1.73. The van der Waals surface area contributed by atoms with Crippen molar-refractivity contribution in [3.8, 4) is 11.1 Å². The summed E-state index contributed by atoms with van der Waals surface area (Å²) in [5.74, 6) is -0.801. The largest absolute Gasteiger partial charge is 0.481 e. The highest BCUT2D eigenvalue weighted by Crippen LogP contribution is 2.27. The summed E-state index contributed by atoms with van der Waals surface area (Å²) < 4.78 is 0. The van der Waals surface area contributed by atoms with Gasteiger partial charge in [0.1, 0.15) is 5.82 Å². The second-order valence-corrected chi connectivity index (χ2v) is 6.58. The first kappa shape index (κ1) is 19.6. The first-order chi connectivity index (χ1) is 12.5. The number of aliphatic carboxylic acids is 1. The van der Waals surface area contributed by atoms with E-state index < -0.39 is 11.9 Å². The molecule has 2 rings (SSSR count). The molecule has 0 aliphatic rings. The lowest BCUT2D eigenvalue weighted by Crippen LogP contribution is -2.30. The van der Waals surface area contributed by atoms with Crippen LogP contribution >= 0.6 is 0 Å². The molecule has 0 radical (unpaired) electrons. The van der Waals surface area contributed by atoms with Crippen LogP contribution in [-0.2, 0) is 11.2 Å². The fourth-order valence-electron chi connectivity index (χ4n) is 3.26. The van der Waals surface area contributed by atoms with E-state index in [4.69, 9.17) is 5.73 Å². The van der Waals surface area contributed by atoms with Gasteiger partial charge in [-0.05, 0) is 43.0 Å². The number of nitrogens with two attached hydrogens (primary N) is 1. The van der Waals surface area contributed by atoms with Crippen LogP contribution < -0.4 is 5.73 Å². The first-order valence-corrected chi connectivity index (χ1v) is 8.93. The molecular weight excluding hydrogens is 326 g/mol. The van der Waals surface area contributed by atoms with Crippen molar-refractivity contribution < 1.29 is 9.90 Å². The maximum atomic E-state index is 11.8. The number of carboxylic acid groups (broad SMARTS) is 1. The summed E-state index contributed by atoms with van der Waals surface area (Å²) >= 11 is 0. The zero-order chi connectivity index (χ0) is 19.1. The third-order valence-corrected chi connectivity index (χ3v) is 4.79. The molecule has 2 aromatic rings. The molecule has 0 amide bonds. The average molecular weight is 353 g/mol. The molecule has 0 aliphatic carbocycles. The van der Waals surface area contributed by atoms with Crippen LogP contribution in [0.15, 0.2) is 47.6 Å². The predicted octanol–water partition coefficient (Wildman–Crippen LogP) is 4.08. The van der Waals surface area contributed by atoms with E-state index in [0.717, 1.165) is 28.8 Å². The summed E-state index contributed by atoms with van der Waals surface area (Å²) in [5.41, 5.74) is 9.66. The van der Waals surface area contributed by atoms with Crippen LogP contribution in [0.5, 0.6) is 0 Å². The topological polar surface area (TPSA) is 88.6 Å². The summed E-state index contributed by atoms with van der Waals surface area (Å²) in [4.78, 5) is 20.2. The van der Waals surface area contributed by atoms with Gasteiger partial charge in [0.15, 0.2) is 0 Å². The molecule has 0 fully saturated rings. The van der Waals surface area contributed by atoms with E-state index in [1.54, 1.807) is 19.3 Å². The minimum atomic E-state index is -0.751. The zero-order valence-corrected chi connectivity index (χ0v) is 15.6. The number of pyridine rings is 1. The van der Waals surface area contributed by atoms with Crippen molar-refractivity contribution in [3.05, 3.63) is 48.2 Å². The molecule has 1 aromatic carbocycles. The van der Waals surface area contributed by atoms with Crippen LogP contribution in [0.2, 0.25) is 0 Å². The van der Waals surface area contributed by atoms with E-state index in [0.29, 0.717) is 18.7 Å². The molecule has 0 spiro atoms. The smallest absolute Gasteiger partial charge is 0.307 e. The number of carbonyl (C=O) groups is 1. The molecule has 0 unspecified atom stereocenters. The minimum absolute atomic E-state index is 0.114. The van der Waals surface area contributed by atoms with E-state index in [1.807, 2.05) is 38.1 Å². The van der Waals surface area contributed by atoms with E-state index in [2.05, 4.69) is 16.0 Å². The number of hydrogen-bond donors (Lipinski definition) is 2. The lowest BCUT2D eigenvalue weighted by molar-refractivity contribution is -0.143. The van der Waals surface area contributed by atoms with Gasteiger partial charge in [-0.3, -0.25) is 9.79 Å². The Bertz CT molecular complexity index is 769. The maximum absolute atomic E-state index is 11.8. The number of aromatic nitrogens is 1. The van der Waals surface area contributed by atoms with Crippen molar-refractivity contribution in [3.63, 3.8) is 0 Å². The fraction of sp³-hybridized carbons (Fsp3) is 0.381. The molecule has 0 bridgehead atoms. The normalized spacial score (nSPS) is 14.0. The van der Waals surface area contributed by atoms with E-state index in [-0.39, 0.29) is 5.92 Å². The Balaban J connectivity index is 2.32. The Morgan fingerprint density at radius 2 is 2.00 bits per heavy atom. The summed E-state index contributed by atoms with van der Waals surface area (Å²) in [6.45, 7) is 3.93. The van der Waals surface area contributed by atoms with Crippen LogP contribution in [0.1, 0.15) is 32.3 Å². The lowest BCUT2D eigenvalue weighted by Gasteiger charge is -2.24. The first-order valence-electron chi connectivity index (χ1n) is 8.93. The molecule has 1 heterocycles. The standard InChI is InChI=1S/C21H27N3O2/c1-4-6-18(21(25)26)19(14(2)23-3)12-15-7-5-8-16(11-15)17-9-10-20(22)24-13-17/h5,7-11,13,18-19H,4,6,12H2,1-3H3,(H2,22,24)(H,25,26)/t18-,19+/m0/s1. The fourth-order valence-corrected chi connectivity index (χ4v) is 3.26. The molecule has 1 aromatic heterocycles. The van der Waals surface area contributed by atoms with E-state index in [9.17, 15) is 9.90 Å². The van der Waals surface area contributed by atoms with Crippen LogP contribution in [0.25, 0.3) is 11.1 Å². The third kappa shape index (κ3) is 4.91. The highest BCUT2D eigenvalue weighted by molar-refractivity contribution is 5.89. The lowest BCUT2D eigenvalue weighted by atomic mass is 9.81. The highest BCUT2D eigenvalue weighted by atomic mass is 16.4. The van der Waals surface area contributed by atoms with Crippen molar-refractivity contribution in [1.29, 1.82) is 0 Å². The van der Waals surface area contributed by atoms with Gasteiger partial charge in [0.2, 0.25) is 0 Å². The summed E-state index contributed by atoms with van der Waals surface area (Å²) in [5, 5.41) is 9.68. The second kappa shape index (κ2) is 9.13. The molecule has 0 saturated carbocycles. The van der Waals surface area contributed by atoms with Gasteiger partial charge in [-0.25, -0.2) is 4.98 Å². The van der Waals surface area contributed by atoms with Crippen molar-refractivity contribution in [2.45, 2.75) is 33.1 Å². The van der Waals surface area contributed by atoms with Crippen molar-refractivity contribution in [2.75, 3.05) is 12.8 Å². The van der Waals surface area contributed by atoms with Crippen LogP contribution in [0.4, 0.5) is 5.82 Å². The highest BCUT2D eigenvalue weighted by Gasteiger charge is 2.29. The number of nitrogens with zero attached hydrogens (tertiary/aromatic N) is 2. The molecular formula is C21H27N3O2. The Labute approximate surface area is 155 Å².